The van der Waals surface area contributed by atoms with Crippen molar-refractivity contribution in [1.82, 2.24) is 9.80 Å². The topological polar surface area (TPSA) is 34.2 Å². The third kappa shape index (κ3) is 3.62. The number of piperidine rings is 1. The van der Waals surface area contributed by atoms with Crippen LogP contribution in [-0.2, 0) is 13.0 Å². The molecular weight excluding hydrogens is 304 g/mol. The first-order valence-electron chi connectivity index (χ1n) is 9.02. The zero-order chi connectivity index (χ0) is 16.9. The summed E-state index contributed by atoms with van der Waals surface area (Å²) >= 11 is 0. The predicted molar refractivity (Wildman–Crippen MR) is 95.4 cm³/mol. The Morgan fingerprint density at radius 3 is 2.21 bits per heavy atom. The number of hydrogen-bond acceptors (Lipinski definition) is 5. The van der Waals surface area contributed by atoms with Gasteiger partial charge in [0, 0.05) is 31.7 Å². The van der Waals surface area contributed by atoms with Crippen molar-refractivity contribution in [3.05, 3.63) is 17.2 Å². The Morgan fingerprint density at radius 2 is 1.54 bits per heavy atom. The predicted octanol–water partition coefficient (Wildman–Crippen LogP) is 2.56. The maximum Gasteiger partial charge on any atom is 0.203 e. The molecule has 134 valence electrons. The van der Waals surface area contributed by atoms with Gasteiger partial charge in [-0.15, -0.1) is 0 Å². The van der Waals surface area contributed by atoms with E-state index in [1.54, 1.807) is 21.3 Å². The third-order valence-corrected chi connectivity index (χ3v) is 5.29. The molecule has 1 aromatic rings. The zero-order valence-electron chi connectivity index (χ0n) is 15.3. The molecule has 0 N–H and O–H groups in total. The molecule has 2 heterocycles. The minimum Gasteiger partial charge on any atom is -0.493 e. The van der Waals surface area contributed by atoms with Crippen LogP contribution in [0.1, 0.15) is 30.4 Å². The molecule has 0 aromatic heterocycles. The largest absolute Gasteiger partial charge is 0.493 e. The highest BCUT2D eigenvalue weighted by Gasteiger charge is 2.25. The summed E-state index contributed by atoms with van der Waals surface area (Å²) in [5, 5.41) is 0. The quantitative estimate of drug-likeness (QED) is 0.799. The van der Waals surface area contributed by atoms with Crippen LogP contribution < -0.4 is 14.2 Å². The fourth-order valence-corrected chi connectivity index (χ4v) is 3.90. The van der Waals surface area contributed by atoms with Crippen molar-refractivity contribution in [3.63, 3.8) is 0 Å². The van der Waals surface area contributed by atoms with Crippen molar-refractivity contribution >= 4 is 0 Å². The second-order valence-electron chi connectivity index (χ2n) is 6.71. The molecule has 0 atom stereocenters. The van der Waals surface area contributed by atoms with Gasteiger partial charge in [-0.2, -0.15) is 0 Å². The molecular formula is C19H30N2O3. The van der Waals surface area contributed by atoms with Crippen molar-refractivity contribution in [2.75, 3.05) is 54.1 Å². The molecule has 0 aliphatic carbocycles. The Labute approximate surface area is 145 Å². The Hall–Kier alpha value is -1.46. The highest BCUT2D eigenvalue weighted by Crippen LogP contribution is 2.43. The lowest BCUT2D eigenvalue weighted by atomic mass is 9.97. The van der Waals surface area contributed by atoms with E-state index in [-0.39, 0.29) is 0 Å². The molecule has 1 aromatic carbocycles. The van der Waals surface area contributed by atoms with Gasteiger partial charge in [-0.1, -0.05) is 6.42 Å². The molecule has 1 fully saturated rings. The van der Waals surface area contributed by atoms with Gasteiger partial charge in [0.1, 0.15) is 0 Å². The van der Waals surface area contributed by atoms with E-state index in [2.05, 4.69) is 15.9 Å². The van der Waals surface area contributed by atoms with E-state index in [0.717, 1.165) is 37.6 Å². The standard InChI is InChI=1S/C19H30N2O3/c1-22-17-13-15-7-10-21(12-11-20-8-5-4-6-9-20)14-16(15)18(23-2)19(17)24-3/h13H,4-12,14H2,1-3H3. The van der Waals surface area contributed by atoms with E-state index in [1.807, 2.05) is 0 Å². The minimum absolute atomic E-state index is 0.705. The monoisotopic (exact) mass is 334 g/mol. The number of methoxy groups -OCH3 is 3. The van der Waals surface area contributed by atoms with E-state index < -0.39 is 0 Å². The van der Waals surface area contributed by atoms with Crippen LogP contribution in [0.15, 0.2) is 6.07 Å². The maximum atomic E-state index is 5.68. The number of ether oxygens (including phenoxy) is 3. The summed E-state index contributed by atoms with van der Waals surface area (Å²) in [6, 6.07) is 2.11. The van der Waals surface area contributed by atoms with E-state index in [1.165, 1.54) is 50.0 Å². The van der Waals surface area contributed by atoms with Gasteiger partial charge >= 0.3 is 0 Å². The van der Waals surface area contributed by atoms with Crippen LogP contribution in [-0.4, -0.2) is 63.9 Å². The lowest BCUT2D eigenvalue weighted by Crippen LogP contribution is -2.40. The Kier molecular flexibility index (Phi) is 5.85. The highest BCUT2D eigenvalue weighted by atomic mass is 16.5. The number of nitrogens with zero attached hydrogens (tertiary/aromatic N) is 2. The van der Waals surface area contributed by atoms with E-state index in [0.29, 0.717) is 5.75 Å². The van der Waals surface area contributed by atoms with Crippen molar-refractivity contribution in [3.8, 4) is 17.2 Å². The lowest BCUT2D eigenvalue weighted by Gasteiger charge is -2.33. The fraction of sp³-hybridized carbons (Fsp3) is 0.684. The van der Waals surface area contributed by atoms with Crippen LogP contribution in [0.25, 0.3) is 0 Å². The fourth-order valence-electron chi connectivity index (χ4n) is 3.90. The van der Waals surface area contributed by atoms with Crippen LogP contribution >= 0.6 is 0 Å². The average molecular weight is 334 g/mol. The molecule has 0 saturated carbocycles. The zero-order valence-corrected chi connectivity index (χ0v) is 15.3. The van der Waals surface area contributed by atoms with Gasteiger partial charge in [-0.05, 0) is 44.0 Å². The Bertz CT molecular complexity index is 556. The third-order valence-electron chi connectivity index (χ3n) is 5.29. The summed E-state index contributed by atoms with van der Waals surface area (Å²) in [5.41, 5.74) is 2.57. The molecule has 5 heteroatoms. The van der Waals surface area contributed by atoms with Gasteiger partial charge in [-0.25, -0.2) is 0 Å². The van der Waals surface area contributed by atoms with E-state index >= 15 is 0 Å². The summed E-state index contributed by atoms with van der Waals surface area (Å²) in [7, 11) is 5.06. The second-order valence-corrected chi connectivity index (χ2v) is 6.71. The van der Waals surface area contributed by atoms with Crippen LogP contribution in [0.4, 0.5) is 0 Å². The van der Waals surface area contributed by atoms with E-state index in [9.17, 15) is 0 Å². The number of benzene rings is 1. The molecule has 0 bridgehead atoms. The molecule has 0 unspecified atom stereocenters. The van der Waals surface area contributed by atoms with Crippen LogP contribution in [0.3, 0.4) is 0 Å². The van der Waals surface area contributed by atoms with Gasteiger partial charge in [0.25, 0.3) is 0 Å². The first-order chi connectivity index (χ1) is 11.8. The Balaban J connectivity index is 1.71. The minimum atomic E-state index is 0.705. The normalized spacial score (nSPS) is 19.0. The molecule has 2 aliphatic rings. The highest BCUT2D eigenvalue weighted by molar-refractivity contribution is 5.59. The summed E-state index contributed by atoms with van der Waals surface area (Å²) < 4.78 is 16.7. The number of rotatable bonds is 6. The maximum absolute atomic E-state index is 5.68. The first-order valence-corrected chi connectivity index (χ1v) is 9.02. The summed E-state index contributed by atoms with van der Waals surface area (Å²) in [5.74, 6) is 2.29. The molecule has 3 rings (SSSR count). The molecule has 24 heavy (non-hydrogen) atoms. The smallest absolute Gasteiger partial charge is 0.203 e. The van der Waals surface area contributed by atoms with Gasteiger partial charge in [0.15, 0.2) is 11.5 Å². The van der Waals surface area contributed by atoms with Crippen molar-refractivity contribution < 1.29 is 14.2 Å². The second kappa shape index (κ2) is 8.08. The van der Waals surface area contributed by atoms with Gasteiger partial charge in [0.05, 0.1) is 21.3 Å². The van der Waals surface area contributed by atoms with Gasteiger partial charge in [-0.3, -0.25) is 4.90 Å². The van der Waals surface area contributed by atoms with Crippen molar-refractivity contribution in [2.45, 2.75) is 32.2 Å². The summed E-state index contributed by atoms with van der Waals surface area (Å²) in [6.07, 6.45) is 5.14. The molecule has 0 radical (unpaired) electrons. The van der Waals surface area contributed by atoms with Crippen molar-refractivity contribution in [2.24, 2.45) is 0 Å². The average Bonchev–Trinajstić information content (AvgIpc) is 2.65. The molecule has 0 spiro atoms. The van der Waals surface area contributed by atoms with Gasteiger partial charge in [0.2, 0.25) is 5.75 Å². The van der Waals surface area contributed by atoms with Crippen molar-refractivity contribution in [1.29, 1.82) is 0 Å². The summed E-state index contributed by atoms with van der Waals surface area (Å²) in [4.78, 5) is 5.14. The lowest BCUT2D eigenvalue weighted by molar-refractivity contribution is 0.172. The molecule has 2 aliphatic heterocycles. The molecule has 0 amide bonds. The summed E-state index contributed by atoms with van der Waals surface area (Å²) in [6.45, 7) is 6.84. The number of likely N-dealkylation sites (tertiary alicyclic amines) is 1. The van der Waals surface area contributed by atoms with Crippen LogP contribution in [0.5, 0.6) is 17.2 Å². The first kappa shape index (κ1) is 17.4. The molecule has 5 nitrogen and oxygen atoms in total. The SMILES string of the molecule is COc1cc2c(c(OC)c1OC)CN(CCN1CCCCC1)CC2. The number of fused-ring (bicyclic) bond motifs is 1. The van der Waals surface area contributed by atoms with Crippen LogP contribution in [0, 0.1) is 0 Å². The Morgan fingerprint density at radius 1 is 0.833 bits per heavy atom. The van der Waals surface area contributed by atoms with Gasteiger partial charge < -0.3 is 19.1 Å². The van der Waals surface area contributed by atoms with Crippen LogP contribution in [0.2, 0.25) is 0 Å². The van der Waals surface area contributed by atoms with E-state index in [4.69, 9.17) is 14.2 Å². The number of hydrogen-bond donors (Lipinski definition) is 0. The molecule has 1 saturated heterocycles.